The molecule has 0 spiro atoms. The number of oxime groups is 1. The van der Waals surface area contributed by atoms with Gasteiger partial charge in [0.25, 0.3) is 0 Å². The van der Waals surface area contributed by atoms with Crippen LogP contribution >= 0.6 is 0 Å². The van der Waals surface area contributed by atoms with E-state index in [1.807, 2.05) is 31.2 Å². The topological polar surface area (TPSA) is 34.5 Å². The molecule has 21 heavy (non-hydrogen) atoms. The molecule has 3 nitrogen and oxygen atoms in total. The normalized spacial score (nSPS) is 12.3. The van der Waals surface area contributed by atoms with E-state index in [1.54, 1.807) is 0 Å². The molecule has 0 bridgehead atoms. The van der Waals surface area contributed by atoms with Crippen molar-refractivity contribution in [3.05, 3.63) is 65.0 Å². The number of aryl methyl sites for hydroxylation is 1. The summed E-state index contributed by atoms with van der Waals surface area (Å²) >= 11 is 0. The van der Waals surface area contributed by atoms with Gasteiger partial charge in [0.15, 0.2) is 0 Å². The van der Waals surface area contributed by atoms with Gasteiger partial charge in [-0.2, -0.15) is 13.2 Å². The lowest BCUT2D eigenvalue weighted by atomic mass is 10.0. The number of pyridine rings is 1. The molecule has 110 valence electrons. The van der Waals surface area contributed by atoms with Crippen molar-refractivity contribution in [2.24, 2.45) is 5.16 Å². The minimum atomic E-state index is -4.41. The van der Waals surface area contributed by atoms with Gasteiger partial charge in [-0.3, -0.25) is 4.98 Å². The molecule has 0 saturated carbocycles. The zero-order valence-corrected chi connectivity index (χ0v) is 11.5. The molecule has 0 aliphatic rings. The van der Waals surface area contributed by atoms with Crippen LogP contribution in [0.3, 0.4) is 0 Å². The van der Waals surface area contributed by atoms with E-state index in [0.717, 1.165) is 23.4 Å². The van der Waals surface area contributed by atoms with E-state index < -0.39 is 11.7 Å². The second-order valence-corrected chi connectivity index (χ2v) is 4.42. The van der Waals surface area contributed by atoms with Gasteiger partial charge in [-0.25, -0.2) is 0 Å². The van der Waals surface area contributed by atoms with Crippen LogP contribution in [0.5, 0.6) is 0 Å². The number of benzene rings is 1. The van der Waals surface area contributed by atoms with E-state index >= 15 is 0 Å². The van der Waals surface area contributed by atoms with E-state index in [9.17, 15) is 13.2 Å². The predicted octanol–water partition coefficient (Wildman–Crippen LogP) is 3.81. The lowest BCUT2D eigenvalue weighted by molar-refractivity contribution is -0.137. The first-order valence-corrected chi connectivity index (χ1v) is 6.13. The Morgan fingerprint density at radius 1 is 1.10 bits per heavy atom. The summed E-state index contributed by atoms with van der Waals surface area (Å²) in [5.41, 5.74) is 1.68. The van der Waals surface area contributed by atoms with Gasteiger partial charge in [0, 0.05) is 11.8 Å². The number of alkyl halides is 3. The molecular weight excluding hydrogens is 281 g/mol. The zero-order chi connectivity index (χ0) is 15.5. The van der Waals surface area contributed by atoms with Crippen LogP contribution in [0.2, 0.25) is 0 Å². The molecule has 0 unspecified atom stereocenters. The van der Waals surface area contributed by atoms with Gasteiger partial charge in [-0.1, -0.05) is 35.0 Å². The Morgan fingerprint density at radius 2 is 1.76 bits per heavy atom. The van der Waals surface area contributed by atoms with Crippen molar-refractivity contribution >= 4 is 5.71 Å². The standard InChI is InChI=1S/C15H13F3N2O/c1-10-3-5-11(6-4-10)14(20-21-2)13-8-7-12(9-19-13)15(16,17)18/h3-9H,1-2H3/b20-14-. The van der Waals surface area contributed by atoms with E-state index in [1.165, 1.54) is 13.2 Å². The SMILES string of the molecule is CO/N=C(/c1ccc(C)cc1)c1ccc(C(F)(F)F)cn1. The summed E-state index contributed by atoms with van der Waals surface area (Å²) in [6.07, 6.45) is -3.62. The van der Waals surface area contributed by atoms with Crippen LogP contribution in [0.25, 0.3) is 0 Å². The third kappa shape index (κ3) is 3.59. The van der Waals surface area contributed by atoms with Gasteiger partial charge < -0.3 is 4.84 Å². The summed E-state index contributed by atoms with van der Waals surface area (Å²) in [4.78, 5) is 8.60. The molecule has 1 aromatic carbocycles. The Labute approximate surface area is 120 Å². The van der Waals surface area contributed by atoms with Crippen molar-refractivity contribution < 1.29 is 18.0 Å². The molecule has 0 saturated heterocycles. The van der Waals surface area contributed by atoms with Crippen LogP contribution in [0.15, 0.2) is 47.8 Å². The monoisotopic (exact) mass is 294 g/mol. The summed E-state index contributed by atoms with van der Waals surface area (Å²) in [7, 11) is 1.37. The van der Waals surface area contributed by atoms with Crippen molar-refractivity contribution in [3.8, 4) is 0 Å². The Morgan fingerprint density at radius 3 is 2.24 bits per heavy atom. The first-order chi connectivity index (χ1) is 9.91. The van der Waals surface area contributed by atoms with Gasteiger partial charge in [0.1, 0.15) is 12.8 Å². The van der Waals surface area contributed by atoms with Crippen LogP contribution in [0.1, 0.15) is 22.4 Å². The van der Waals surface area contributed by atoms with Crippen LogP contribution in [0.4, 0.5) is 13.2 Å². The lowest BCUT2D eigenvalue weighted by Crippen LogP contribution is -2.10. The lowest BCUT2D eigenvalue weighted by Gasteiger charge is -2.09. The highest BCUT2D eigenvalue weighted by Gasteiger charge is 2.30. The Hall–Kier alpha value is -2.37. The van der Waals surface area contributed by atoms with Gasteiger partial charge >= 0.3 is 6.18 Å². The molecule has 0 amide bonds. The quantitative estimate of drug-likeness (QED) is 0.637. The van der Waals surface area contributed by atoms with Gasteiger partial charge in [0.2, 0.25) is 0 Å². The Kier molecular flexibility index (Phi) is 4.26. The van der Waals surface area contributed by atoms with Gasteiger partial charge in [-0.05, 0) is 19.1 Å². The second kappa shape index (κ2) is 5.95. The van der Waals surface area contributed by atoms with Crippen molar-refractivity contribution in [1.82, 2.24) is 4.98 Å². The third-order valence-electron chi connectivity index (χ3n) is 2.84. The maximum Gasteiger partial charge on any atom is 0.417 e. The highest BCUT2D eigenvalue weighted by Crippen LogP contribution is 2.28. The molecule has 2 aromatic rings. The molecule has 0 aliphatic carbocycles. The van der Waals surface area contributed by atoms with Crippen molar-refractivity contribution in [2.45, 2.75) is 13.1 Å². The fraction of sp³-hybridized carbons (Fsp3) is 0.200. The van der Waals surface area contributed by atoms with Crippen LogP contribution < -0.4 is 0 Å². The first kappa shape index (κ1) is 15.0. The molecule has 0 aliphatic heterocycles. The van der Waals surface area contributed by atoms with E-state index in [0.29, 0.717) is 11.4 Å². The van der Waals surface area contributed by atoms with Crippen molar-refractivity contribution in [1.29, 1.82) is 0 Å². The molecule has 0 radical (unpaired) electrons. The number of nitrogens with zero attached hydrogens (tertiary/aromatic N) is 2. The number of rotatable bonds is 3. The summed E-state index contributed by atoms with van der Waals surface area (Å²) < 4.78 is 37.6. The number of hydrogen-bond donors (Lipinski definition) is 0. The van der Waals surface area contributed by atoms with E-state index in [4.69, 9.17) is 4.84 Å². The van der Waals surface area contributed by atoms with Crippen molar-refractivity contribution in [2.75, 3.05) is 7.11 Å². The maximum atomic E-state index is 12.5. The fourth-order valence-corrected chi connectivity index (χ4v) is 1.75. The molecule has 2 rings (SSSR count). The minimum absolute atomic E-state index is 0.314. The minimum Gasteiger partial charge on any atom is -0.399 e. The molecule has 0 atom stereocenters. The predicted molar refractivity (Wildman–Crippen MR) is 73.1 cm³/mol. The summed E-state index contributed by atoms with van der Waals surface area (Å²) in [5.74, 6) is 0. The third-order valence-corrected chi connectivity index (χ3v) is 2.84. The van der Waals surface area contributed by atoms with E-state index in [-0.39, 0.29) is 0 Å². The van der Waals surface area contributed by atoms with Crippen LogP contribution in [-0.4, -0.2) is 17.8 Å². The molecular formula is C15H13F3N2O. The van der Waals surface area contributed by atoms with Gasteiger partial charge in [0.05, 0.1) is 11.3 Å². The molecule has 1 heterocycles. The number of aromatic nitrogens is 1. The van der Waals surface area contributed by atoms with E-state index in [2.05, 4.69) is 10.1 Å². The number of hydrogen-bond acceptors (Lipinski definition) is 3. The van der Waals surface area contributed by atoms with Crippen LogP contribution in [-0.2, 0) is 11.0 Å². The average Bonchev–Trinajstić information content (AvgIpc) is 2.45. The zero-order valence-electron chi connectivity index (χ0n) is 11.5. The Bertz CT molecular complexity index is 631. The van der Waals surface area contributed by atoms with Crippen molar-refractivity contribution in [3.63, 3.8) is 0 Å². The molecule has 0 fully saturated rings. The average molecular weight is 294 g/mol. The summed E-state index contributed by atoms with van der Waals surface area (Å²) in [5, 5.41) is 3.86. The maximum absolute atomic E-state index is 12.5. The first-order valence-electron chi connectivity index (χ1n) is 6.13. The number of halogens is 3. The second-order valence-electron chi connectivity index (χ2n) is 4.42. The smallest absolute Gasteiger partial charge is 0.399 e. The molecule has 6 heteroatoms. The van der Waals surface area contributed by atoms with Crippen LogP contribution in [0, 0.1) is 6.92 Å². The Balaban J connectivity index is 2.40. The fourth-order valence-electron chi connectivity index (χ4n) is 1.75. The highest BCUT2D eigenvalue weighted by atomic mass is 19.4. The summed E-state index contributed by atoms with van der Waals surface area (Å²) in [6.45, 7) is 1.94. The van der Waals surface area contributed by atoms with Gasteiger partial charge in [-0.15, -0.1) is 0 Å². The summed E-state index contributed by atoms with van der Waals surface area (Å²) in [6, 6.07) is 9.64. The molecule has 0 N–H and O–H groups in total. The molecule has 1 aromatic heterocycles. The largest absolute Gasteiger partial charge is 0.417 e. The highest BCUT2D eigenvalue weighted by molar-refractivity contribution is 6.11.